The lowest BCUT2D eigenvalue weighted by atomic mass is 10.2. The van der Waals surface area contributed by atoms with Crippen LogP contribution < -0.4 is 10.5 Å². The summed E-state index contributed by atoms with van der Waals surface area (Å²) in [4.78, 5) is 0. The van der Waals surface area contributed by atoms with E-state index in [1.807, 2.05) is 36.9 Å². The van der Waals surface area contributed by atoms with Crippen molar-refractivity contribution < 1.29 is 4.74 Å². The molecule has 102 valence electrons. The van der Waals surface area contributed by atoms with Gasteiger partial charge in [-0.25, -0.2) is 0 Å². The third kappa shape index (κ3) is 3.19. The maximum atomic E-state index is 5.80. The highest BCUT2D eigenvalue weighted by Gasteiger charge is 2.11. The smallest absolute Gasteiger partial charge is 0.131 e. The van der Waals surface area contributed by atoms with Crippen LogP contribution in [-0.2, 0) is 20.2 Å². The highest BCUT2D eigenvalue weighted by atomic mass is 79.9. The Morgan fingerprint density at radius 2 is 2.11 bits per heavy atom. The molecular weight excluding hydrogens is 374 g/mol. The second kappa shape index (κ2) is 6.07. The molecule has 2 aromatic rings. The van der Waals surface area contributed by atoms with Crippen LogP contribution in [0.4, 0.5) is 0 Å². The van der Waals surface area contributed by atoms with Gasteiger partial charge in [0.2, 0.25) is 0 Å². The molecule has 1 heterocycles. The average molecular weight is 389 g/mol. The minimum absolute atomic E-state index is 0.462. The molecule has 4 nitrogen and oxygen atoms in total. The third-order valence-electron chi connectivity index (χ3n) is 2.87. The van der Waals surface area contributed by atoms with Crippen LogP contribution in [-0.4, -0.2) is 9.78 Å². The molecular formula is C13H15Br2N3O. The van der Waals surface area contributed by atoms with E-state index in [0.29, 0.717) is 13.2 Å². The monoisotopic (exact) mass is 387 g/mol. The minimum atomic E-state index is 0.462. The number of hydrogen-bond donors (Lipinski definition) is 1. The summed E-state index contributed by atoms with van der Waals surface area (Å²) in [7, 11) is 1.91. The number of nitrogens with two attached hydrogens (primary N) is 1. The average Bonchev–Trinajstić information content (AvgIpc) is 2.63. The number of ether oxygens (including phenoxy) is 1. The zero-order chi connectivity index (χ0) is 14.0. The van der Waals surface area contributed by atoms with Crippen molar-refractivity contribution in [2.24, 2.45) is 12.8 Å². The first-order chi connectivity index (χ1) is 9.02. The number of benzene rings is 1. The molecule has 0 amide bonds. The van der Waals surface area contributed by atoms with Crippen LogP contribution in [0.5, 0.6) is 5.75 Å². The second-order valence-electron chi connectivity index (χ2n) is 4.22. The van der Waals surface area contributed by atoms with Gasteiger partial charge >= 0.3 is 0 Å². The maximum absolute atomic E-state index is 5.80. The standard InChI is InChI=1S/C13H15Br2N3O/c1-8-13(15)12(18(2)17-8)7-19-10-3-4-11(14)9(5-10)6-16/h3-5H,6-7,16H2,1-2H3. The molecule has 0 unspecified atom stereocenters. The van der Waals surface area contributed by atoms with E-state index in [1.54, 1.807) is 0 Å². The molecule has 0 fully saturated rings. The van der Waals surface area contributed by atoms with Gasteiger partial charge in [-0.2, -0.15) is 5.10 Å². The van der Waals surface area contributed by atoms with E-state index in [-0.39, 0.29) is 0 Å². The predicted molar refractivity (Wildman–Crippen MR) is 82.0 cm³/mol. The van der Waals surface area contributed by atoms with Crippen LogP contribution in [0.2, 0.25) is 0 Å². The van der Waals surface area contributed by atoms with E-state index in [9.17, 15) is 0 Å². The molecule has 0 aliphatic rings. The lowest BCUT2D eigenvalue weighted by Gasteiger charge is -2.09. The summed E-state index contributed by atoms with van der Waals surface area (Å²) in [6.07, 6.45) is 0. The summed E-state index contributed by atoms with van der Waals surface area (Å²) in [6, 6.07) is 5.81. The van der Waals surface area contributed by atoms with Crippen LogP contribution in [0.15, 0.2) is 27.1 Å². The van der Waals surface area contributed by atoms with E-state index in [2.05, 4.69) is 37.0 Å². The fourth-order valence-electron chi connectivity index (χ4n) is 1.79. The zero-order valence-corrected chi connectivity index (χ0v) is 14.0. The van der Waals surface area contributed by atoms with E-state index < -0.39 is 0 Å². The molecule has 1 aromatic carbocycles. The largest absolute Gasteiger partial charge is 0.487 e. The molecule has 0 atom stereocenters. The van der Waals surface area contributed by atoms with Gasteiger partial charge in [0.1, 0.15) is 12.4 Å². The van der Waals surface area contributed by atoms with E-state index >= 15 is 0 Å². The van der Waals surface area contributed by atoms with Gasteiger partial charge in [-0.05, 0) is 46.6 Å². The van der Waals surface area contributed by atoms with E-state index in [0.717, 1.165) is 31.6 Å². The number of halogens is 2. The predicted octanol–water partition coefficient (Wildman–Crippen LogP) is 3.29. The number of hydrogen-bond acceptors (Lipinski definition) is 3. The van der Waals surface area contributed by atoms with Gasteiger partial charge in [0.15, 0.2) is 0 Å². The normalized spacial score (nSPS) is 10.8. The van der Waals surface area contributed by atoms with Crippen molar-refractivity contribution in [1.82, 2.24) is 9.78 Å². The Bertz CT molecular complexity index is 596. The molecule has 0 spiro atoms. The van der Waals surface area contributed by atoms with Gasteiger partial charge in [-0.15, -0.1) is 0 Å². The van der Waals surface area contributed by atoms with Crippen molar-refractivity contribution in [2.75, 3.05) is 0 Å². The molecule has 0 saturated carbocycles. The Morgan fingerprint density at radius 1 is 1.37 bits per heavy atom. The van der Waals surface area contributed by atoms with Crippen LogP contribution >= 0.6 is 31.9 Å². The molecule has 0 radical (unpaired) electrons. The Kier molecular flexibility index (Phi) is 4.65. The van der Waals surface area contributed by atoms with Gasteiger partial charge in [-0.3, -0.25) is 4.68 Å². The second-order valence-corrected chi connectivity index (χ2v) is 5.86. The molecule has 0 aliphatic heterocycles. The van der Waals surface area contributed by atoms with Gasteiger partial charge in [-0.1, -0.05) is 15.9 Å². The fraction of sp³-hybridized carbons (Fsp3) is 0.308. The van der Waals surface area contributed by atoms with Crippen molar-refractivity contribution >= 4 is 31.9 Å². The van der Waals surface area contributed by atoms with Crippen molar-refractivity contribution in [1.29, 1.82) is 0 Å². The molecule has 2 rings (SSSR count). The number of aromatic nitrogens is 2. The van der Waals surface area contributed by atoms with Gasteiger partial charge in [0.25, 0.3) is 0 Å². The van der Waals surface area contributed by atoms with Crippen LogP contribution in [0.3, 0.4) is 0 Å². The highest BCUT2D eigenvalue weighted by Crippen LogP contribution is 2.25. The fourth-order valence-corrected chi connectivity index (χ4v) is 2.64. The number of nitrogens with zero attached hydrogens (tertiary/aromatic N) is 2. The Balaban J connectivity index is 2.14. The summed E-state index contributed by atoms with van der Waals surface area (Å²) in [5.41, 5.74) is 8.66. The SMILES string of the molecule is Cc1nn(C)c(COc2ccc(Br)c(CN)c2)c1Br. The van der Waals surface area contributed by atoms with Crippen molar-refractivity contribution in [3.8, 4) is 5.75 Å². The Morgan fingerprint density at radius 3 is 2.68 bits per heavy atom. The highest BCUT2D eigenvalue weighted by molar-refractivity contribution is 9.10. The summed E-state index contributed by atoms with van der Waals surface area (Å²) in [6.45, 7) is 2.90. The lowest BCUT2D eigenvalue weighted by Crippen LogP contribution is -2.04. The van der Waals surface area contributed by atoms with Crippen molar-refractivity contribution in [3.05, 3.63) is 44.1 Å². The first-order valence-corrected chi connectivity index (χ1v) is 7.40. The topological polar surface area (TPSA) is 53.1 Å². The van der Waals surface area contributed by atoms with Crippen molar-refractivity contribution in [3.63, 3.8) is 0 Å². The Labute approximate surface area is 129 Å². The number of aryl methyl sites for hydroxylation is 2. The first-order valence-electron chi connectivity index (χ1n) is 5.82. The quantitative estimate of drug-likeness (QED) is 0.874. The summed E-state index contributed by atoms with van der Waals surface area (Å²) < 4.78 is 9.61. The van der Waals surface area contributed by atoms with Gasteiger partial charge in [0.05, 0.1) is 15.9 Å². The van der Waals surface area contributed by atoms with E-state index in [4.69, 9.17) is 10.5 Å². The minimum Gasteiger partial charge on any atom is -0.487 e. The van der Waals surface area contributed by atoms with Crippen LogP contribution in [0, 0.1) is 6.92 Å². The van der Waals surface area contributed by atoms with Crippen molar-refractivity contribution in [2.45, 2.75) is 20.1 Å². The molecule has 1 aromatic heterocycles. The first kappa shape index (κ1) is 14.6. The van der Waals surface area contributed by atoms with Crippen LogP contribution in [0.1, 0.15) is 17.0 Å². The summed E-state index contributed by atoms with van der Waals surface area (Å²) in [5.74, 6) is 0.800. The molecule has 0 saturated heterocycles. The van der Waals surface area contributed by atoms with Crippen LogP contribution in [0.25, 0.3) is 0 Å². The van der Waals surface area contributed by atoms with Gasteiger partial charge in [0, 0.05) is 18.1 Å². The summed E-state index contributed by atoms with van der Waals surface area (Å²) in [5, 5.41) is 4.33. The van der Waals surface area contributed by atoms with Gasteiger partial charge < -0.3 is 10.5 Å². The molecule has 19 heavy (non-hydrogen) atoms. The molecule has 6 heteroatoms. The maximum Gasteiger partial charge on any atom is 0.131 e. The molecule has 0 aliphatic carbocycles. The number of rotatable bonds is 4. The third-order valence-corrected chi connectivity index (χ3v) is 4.68. The Hall–Kier alpha value is -0.850. The zero-order valence-electron chi connectivity index (χ0n) is 10.8. The van der Waals surface area contributed by atoms with E-state index in [1.165, 1.54) is 0 Å². The molecule has 0 bridgehead atoms. The summed E-state index contributed by atoms with van der Waals surface area (Å²) >= 11 is 6.98. The molecule has 2 N–H and O–H groups in total. The lowest BCUT2D eigenvalue weighted by molar-refractivity contribution is 0.294.